The summed E-state index contributed by atoms with van der Waals surface area (Å²) in [6, 6.07) is 7.90. The van der Waals surface area contributed by atoms with E-state index in [1.165, 1.54) is 0 Å². The Morgan fingerprint density at radius 1 is 1.43 bits per heavy atom. The maximum absolute atomic E-state index is 12.8. The van der Waals surface area contributed by atoms with Crippen molar-refractivity contribution in [2.75, 3.05) is 19.6 Å². The summed E-state index contributed by atoms with van der Waals surface area (Å²) in [6.45, 7) is 5.69. The molecule has 0 radical (unpaired) electrons. The van der Waals surface area contributed by atoms with Gasteiger partial charge in [0.05, 0.1) is 18.0 Å². The zero-order valence-electron chi connectivity index (χ0n) is 16.4. The minimum Gasteiger partial charge on any atom is -0.370 e. The van der Waals surface area contributed by atoms with Crippen LogP contribution in [0, 0.1) is 11.8 Å². The van der Waals surface area contributed by atoms with Crippen LogP contribution in [-0.4, -0.2) is 52.1 Å². The summed E-state index contributed by atoms with van der Waals surface area (Å²) in [6.07, 6.45) is 7.05. The van der Waals surface area contributed by atoms with Crippen molar-refractivity contribution in [3.63, 3.8) is 0 Å². The van der Waals surface area contributed by atoms with Crippen LogP contribution in [0.1, 0.15) is 41.4 Å². The monoisotopic (exact) mass is 380 g/mol. The number of amides is 1. The number of hydrogen-bond acceptors (Lipinski definition) is 4. The van der Waals surface area contributed by atoms with Gasteiger partial charge in [0.1, 0.15) is 0 Å². The Labute approximate surface area is 165 Å². The van der Waals surface area contributed by atoms with Crippen molar-refractivity contribution in [2.45, 2.75) is 44.4 Å². The number of aromatic nitrogens is 2. The molecule has 4 atom stereocenters. The zero-order valence-corrected chi connectivity index (χ0v) is 16.4. The number of ether oxygens (including phenoxy) is 1. The zero-order chi connectivity index (χ0) is 19.1. The highest BCUT2D eigenvalue weighted by molar-refractivity contribution is 5.95. The average molecular weight is 380 g/mol. The number of fused-ring (bicyclic) bond motifs is 1. The fraction of sp³-hybridized carbons (Fsp3) is 0.545. The molecule has 3 aliphatic rings. The molecule has 3 aliphatic heterocycles. The summed E-state index contributed by atoms with van der Waals surface area (Å²) < 4.78 is 6.51. The highest BCUT2D eigenvalue weighted by Crippen LogP contribution is 2.54. The molecule has 2 aromatic rings. The Kier molecular flexibility index (Phi) is 4.48. The first-order chi connectivity index (χ1) is 13.7. The second kappa shape index (κ2) is 7.01. The summed E-state index contributed by atoms with van der Waals surface area (Å²) in [7, 11) is 0. The average Bonchev–Trinajstić information content (AvgIpc) is 3.48. The molecule has 5 rings (SSSR count). The maximum Gasteiger partial charge on any atom is 0.251 e. The van der Waals surface area contributed by atoms with Crippen molar-refractivity contribution >= 4 is 5.91 Å². The number of carbonyl (C=O) groups excluding carboxylic acids is 1. The summed E-state index contributed by atoms with van der Waals surface area (Å²) >= 11 is 0. The third-order valence-electron chi connectivity index (χ3n) is 6.94. The minimum absolute atomic E-state index is 0.0125. The number of aromatic amines is 1. The number of benzene rings is 1. The van der Waals surface area contributed by atoms with E-state index in [0.717, 1.165) is 55.7 Å². The molecule has 3 saturated heterocycles. The van der Waals surface area contributed by atoms with Gasteiger partial charge < -0.3 is 15.0 Å². The van der Waals surface area contributed by atoms with Gasteiger partial charge in [0.2, 0.25) is 0 Å². The normalized spacial score (nSPS) is 31.2. The Morgan fingerprint density at radius 3 is 3.14 bits per heavy atom. The van der Waals surface area contributed by atoms with Crippen LogP contribution < -0.4 is 5.32 Å². The van der Waals surface area contributed by atoms with Crippen LogP contribution in [0.15, 0.2) is 36.8 Å². The van der Waals surface area contributed by atoms with E-state index < -0.39 is 0 Å². The molecule has 1 spiro atoms. The van der Waals surface area contributed by atoms with Crippen molar-refractivity contribution in [3.8, 4) is 0 Å². The summed E-state index contributed by atoms with van der Waals surface area (Å²) in [5.41, 5.74) is 3.04. The molecule has 3 fully saturated rings. The quantitative estimate of drug-likeness (QED) is 0.807. The van der Waals surface area contributed by atoms with Crippen LogP contribution in [0.4, 0.5) is 0 Å². The Morgan fingerprint density at radius 2 is 2.32 bits per heavy atom. The topological polar surface area (TPSA) is 70.2 Å². The summed E-state index contributed by atoms with van der Waals surface area (Å²) in [5, 5.41) is 3.22. The van der Waals surface area contributed by atoms with E-state index in [1.54, 1.807) is 6.33 Å². The van der Waals surface area contributed by atoms with Gasteiger partial charge in [-0.25, -0.2) is 4.98 Å². The predicted octanol–water partition coefficient (Wildman–Crippen LogP) is 2.38. The first-order valence-electron chi connectivity index (χ1n) is 10.4. The first kappa shape index (κ1) is 17.9. The maximum atomic E-state index is 12.8. The van der Waals surface area contributed by atoms with E-state index in [9.17, 15) is 4.79 Å². The lowest BCUT2D eigenvalue weighted by Gasteiger charge is -2.29. The molecule has 2 N–H and O–H groups in total. The van der Waals surface area contributed by atoms with E-state index in [0.29, 0.717) is 24.5 Å². The molecule has 4 heterocycles. The number of nitrogens with one attached hydrogen (secondary N) is 2. The number of rotatable bonds is 6. The van der Waals surface area contributed by atoms with Gasteiger partial charge in [-0.15, -0.1) is 0 Å². The third-order valence-corrected chi connectivity index (χ3v) is 6.94. The van der Waals surface area contributed by atoms with E-state index >= 15 is 0 Å². The fourth-order valence-electron chi connectivity index (χ4n) is 5.65. The molecule has 1 aromatic heterocycles. The molecule has 1 aromatic carbocycles. The van der Waals surface area contributed by atoms with Crippen LogP contribution in [0.5, 0.6) is 0 Å². The van der Waals surface area contributed by atoms with E-state index in [2.05, 4.69) is 27.1 Å². The van der Waals surface area contributed by atoms with Gasteiger partial charge in [0, 0.05) is 55.5 Å². The molecule has 148 valence electrons. The highest BCUT2D eigenvalue weighted by Gasteiger charge is 2.62. The van der Waals surface area contributed by atoms with Crippen LogP contribution in [0.2, 0.25) is 0 Å². The SMILES string of the molecule is CCc1ccccc1C(=O)NC[C@H]1[C@H]2CN(Cc3cnc[nH]3)C[C@]23CC[C@H]1O3. The number of nitrogens with zero attached hydrogens (tertiary/aromatic N) is 2. The summed E-state index contributed by atoms with van der Waals surface area (Å²) in [4.78, 5) is 22.6. The van der Waals surface area contributed by atoms with E-state index in [4.69, 9.17) is 4.74 Å². The Hall–Kier alpha value is -2.18. The van der Waals surface area contributed by atoms with Crippen LogP contribution >= 0.6 is 0 Å². The molecule has 6 heteroatoms. The first-order valence-corrected chi connectivity index (χ1v) is 10.4. The summed E-state index contributed by atoms with van der Waals surface area (Å²) in [5.74, 6) is 0.940. The van der Waals surface area contributed by atoms with Crippen molar-refractivity contribution in [3.05, 3.63) is 53.6 Å². The van der Waals surface area contributed by atoms with E-state index in [-0.39, 0.29) is 11.5 Å². The van der Waals surface area contributed by atoms with Crippen molar-refractivity contribution < 1.29 is 9.53 Å². The third kappa shape index (κ3) is 2.95. The van der Waals surface area contributed by atoms with Gasteiger partial charge in [-0.3, -0.25) is 9.69 Å². The number of imidazole rings is 1. The number of carbonyl (C=O) groups is 1. The number of aryl methyl sites for hydroxylation is 1. The molecule has 28 heavy (non-hydrogen) atoms. The Bertz CT molecular complexity index is 852. The van der Waals surface area contributed by atoms with Crippen molar-refractivity contribution in [1.29, 1.82) is 0 Å². The minimum atomic E-state index is -0.0125. The lowest BCUT2D eigenvalue weighted by atomic mass is 9.73. The molecule has 6 nitrogen and oxygen atoms in total. The van der Waals surface area contributed by atoms with Gasteiger partial charge in [0.25, 0.3) is 5.91 Å². The van der Waals surface area contributed by atoms with Crippen molar-refractivity contribution in [2.24, 2.45) is 11.8 Å². The standard InChI is InChI=1S/C22H28N4O2/c1-2-15-5-3-4-6-17(15)21(27)24-10-18-19-12-26(11-16-9-23-14-25-16)13-22(19)8-7-20(18)28-22/h3-6,9,14,18-20H,2,7-8,10-13H2,1H3,(H,23,25)(H,24,27)/t18-,19+,20+,22+/m0/s1. The second-order valence-corrected chi connectivity index (χ2v) is 8.50. The predicted molar refractivity (Wildman–Crippen MR) is 106 cm³/mol. The molecule has 2 bridgehead atoms. The number of hydrogen-bond donors (Lipinski definition) is 2. The van der Waals surface area contributed by atoms with Crippen LogP contribution in [-0.2, 0) is 17.7 Å². The molecule has 0 aliphatic carbocycles. The molecule has 0 unspecified atom stereocenters. The highest BCUT2D eigenvalue weighted by atomic mass is 16.5. The lowest BCUT2D eigenvalue weighted by molar-refractivity contribution is 0.00204. The molecular formula is C22H28N4O2. The largest absolute Gasteiger partial charge is 0.370 e. The molecule has 1 amide bonds. The van der Waals surface area contributed by atoms with Crippen LogP contribution in [0.25, 0.3) is 0 Å². The molecular weight excluding hydrogens is 352 g/mol. The van der Waals surface area contributed by atoms with Gasteiger partial charge >= 0.3 is 0 Å². The Balaban J connectivity index is 1.26. The number of H-pyrrole nitrogens is 1. The molecule has 0 saturated carbocycles. The van der Waals surface area contributed by atoms with Crippen molar-refractivity contribution in [1.82, 2.24) is 20.2 Å². The second-order valence-electron chi connectivity index (χ2n) is 8.50. The van der Waals surface area contributed by atoms with Gasteiger partial charge in [-0.2, -0.15) is 0 Å². The van der Waals surface area contributed by atoms with Gasteiger partial charge in [-0.1, -0.05) is 25.1 Å². The lowest BCUT2D eigenvalue weighted by Crippen LogP contribution is -2.42. The van der Waals surface area contributed by atoms with E-state index in [1.807, 2.05) is 30.5 Å². The number of likely N-dealkylation sites (tertiary alicyclic amines) is 1. The van der Waals surface area contributed by atoms with Gasteiger partial charge in [0.15, 0.2) is 0 Å². The smallest absolute Gasteiger partial charge is 0.251 e. The fourth-order valence-corrected chi connectivity index (χ4v) is 5.65. The van der Waals surface area contributed by atoms with Gasteiger partial charge in [-0.05, 0) is 30.9 Å². The van der Waals surface area contributed by atoms with Crippen LogP contribution in [0.3, 0.4) is 0 Å².